The van der Waals surface area contributed by atoms with E-state index in [1.165, 1.54) is 4.57 Å². The van der Waals surface area contributed by atoms with Crippen molar-refractivity contribution in [3.05, 3.63) is 27.4 Å². The Balaban J connectivity index is 2.31. The first-order valence-corrected chi connectivity index (χ1v) is 6.53. The van der Waals surface area contributed by atoms with Gasteiger partial charge < -0.3 is 9.55 Å². The third-order valence-corrected chi connectivity index (χ3v) is 4.10. The molecular weight excluding hydrogens is 329 g/mol. The van der Waals surface area contributed by atoms with Gasteiger partial charge >= 0.3 is 6.18 Å². The summed E-state index contributed by atoms with van der Waals surface area (Å²) in [6.45, 7) is 0. The van der Waals surface area contributed by atoms with Crippen molar-refractivity contribution in [3.8, 4) is 0 Å². The third kappa shape index (κ3) is 1.56. The van der Waals surface area contributed by atoms with Gasteiger partial charge in [0.05, 0.1) is 11.0 Å². The van der Waals surface area contributed by atoms with Gasteiger partial charge in [-0.05, 0) is 43.3 Å². The summed E-state index contributed by atoms with van der Waals surface area (Å²) in [4.78, 5) is 2.83. The molecule has 1 aromatic carbocycles. The topological polar surface area (TPSA) is 20.7 Å². The van der Waals surface area contributed by atoms with Gasteiger partial charge in [-0.1, -0.05) is 15.9 Å². The highest BCUT2D eigenvalue weighted by Crippen LogP contribution is 2.56. The molecule has 1 fully saturated rings. The van der Waals surface area contributed by atoms with Crippen molar-refractivity contribution in [1.82, 2.24) is 9.55 Å². The van der Waals surface area contributed by atoms with Gasteiger partial charge in [-0.3, -0.25) is 0 Å². The number of nitrogens with zero attached hydrogens (tertiary/aromatic N) is 1. The molecule has 0 unspecified atom stereocenters. The van der Waals surface area contributed by atoms with E-state index < -0.39 is 11.7 Å². The summed E-state index contributed by atoms with van der Waals surface area (Å²) in [6, 6.07) is 5.10. The van der Waals surface area contributed by atoms with E-state index in [1.54, 1.807) is 18.2 Å². The van der Waals surface area contributed by atoms with Crippen LogP contribution in [0.1, 0.15) is 12.8 Å². The SMILES string of the molecule is FC(F)(F)C1(n2c(=S)[nH]c3cc(Br)ccc32)CC1. The Bertz CT molecular complexity index is 682. The van der Waals surface area contributed by atoms with Crippen molar-refractivity contribution in [2.45, 2.75) is 24.6 Å². The van der Waals surface area contributed by atoms with Crippen LogP contribution in [0.2, 0.25) is 0 Å². The monoisotopic (exact) mass is 336 g/mol. The molecule has 1 aromatic heterocycles. The number of rotatable bonds is 1. The number of H-pyrrole nitrogens is 1. The molecule has 0 spiro atoms. The van der Waals surface area contributed by atoms with E-state index in [2.05, 4.69) is 20.9 Å². The summed E-state index contributed by atoms with van der Waals surface area (Å²) in [6.07, 6.45) is -4.09. The Labute approximate surface area is 114 Å². The van der Waals surface area contributed by atoms with Crippen LogP contribution in [0.3, 0.4) is 0 Å². The summed E-state index contributed by atoms with van der Waals surface area (Å²) < 4.78 is 41.6. The Hall–Kier alpha value is -0.820. The minimum Gasteiger partial charge on any atom is -0.331 e. The summed E-state index contributed by atoms with van der Waals surface area (Å²) in [5.74, 6) is 0. The molecule has 0 bridgehead atoms. The van der Waals surface area contributed by atoms with Gasteiger partial charge in [0.15, 0.2) is 4.77 Å². The normalized spacial score (nSPS) is 18.2. The van der Waals surface area contributed by atoms with Crippen LogP contribution < -0.4 is 0 Å². The highest BCUT2D eigenvalue weighted by Gasteiger charge is 2.65. The number of imidazole rings is 1. The molecule has 0 aliphatic heterocycles. The van der Waals surface area contributed by atoms with E-state index >= 15 is 0 Å². The van der Waals surface area contributed by atoms with Gasteiger partial charge in [-0.15, -0.1) is 0 Å². The first kappa shape index (κ1) is 12.2. The average molecular weight is 337 g/mol. The zero-order valence-electron chi connectivity index (χ0n) is 9.01. The average Bonchev–Trinajstić information content (AvgIpc) is 2.97. The molecular formula is C11H8BrF3N2S. The number of benzene rings is 1. The molecule has 1 saturated carbocycles. The zero-order valence-corrected chi connectivity index (χ0v) is 11.4. The molecule has 2 aromatic rings. The lowest BCUT2D eigenvalue weighted by Gasteiger charge is -2.21. The van der Waals surface area contributed by atoms with Crippen molar-refractivity contribution in [2.75, 3.05) is 0 Å². The maximum absolute atomic E-state index is 13.2. The van der Waals surface area contributed by atoms with Crippen LogP contribution in [0.15, 0.2) is 22.7 Å². The van der Waals surface area contributed by atoms with Crippen molar-refractivity contribution >= 4 is 39.2 Å². The number of hydrogen-bond donors (Lipinski definition) is 1. The highest BCUT2D eigenvalue weighted by atomic mass is 79.9. The zero-order chi connectivity index (χ0) is 13.1. The lowest BCUT2D eigenvalue weighted by atomic mass is 10.2. The number of nitrogens with one attached hydrogen (secondary N) is 1. The maximum atomic E-state index is 13.2. The molecule has 1 aliphatic carbocycles. The first-order chi connectivity index (χ1) is 8.35. The van der Waals surface area contributed by atoms with Crippen molar-refractivity contribution in [1.29, 1.82) is 0 Å². The summed E-state index contributed by atoms with van der Waals surface area (Å²) in [5, 5.41) is 0. The summed E-state index contributed by atoms with van der Waals surface area (Å²) in [5.41, 5.74) is -0.696. The molecule has 0 amide bonds. The number of halogens is 4. The van der Waals surface area contributed by atoms with Crippen molar-refractivity contribution in [2.24, 2.45) is 0 Å². The highest BCUT2D eigenvalue weighted by molar-refractivity contribution is 9.10. The van der Waals surface area contributed by atoms with Gasteiger partial charge in [0.1, 0.15) is 5.54 Å². The van der Waals surface area contributed by atoms with Crippen molar-refractivity contribution < 1.29 is 13.2 Å². The van der Waals surface area contributed by atoms with Gasteiger partial charge in [0.2, 0.25) is 0 Å². The fourth-order valence-corrected chi connectivity index (χ4v) is 3.01. The van der Waals surface area contributed by atoms with E-state index in [4.69, 9.17) is 12.2 Å². The molecule has 1 aliphatic rings. The van der Waals surface area contributed by atoms with E-state index in [1.807, 2.05) is 0 Å². The van der Waals surface area contributed by atoms with Crippen LogP contribution in [0.25, 0.3) is 11.0 Å². The predicted molar refractivity (Wildman–Crippen MR) is 68.1 cm³/mol. The van der Waals surface area contributed by atoms with Crippen LogP contribution in [0, 0.1) is 4.77 Å². The van der Waals surface area contributed by atoms with E-state index in [9.17, 15) is 13.2 Å². The Kier molecular flexibility index (Phi) is 2.45. The van der Waals surface area contributed by atoms with Crippen LogP contribution in [0.4, 0.5) is 13.2 Å². The molecule has 96 valence electrons. The standard InChI is InChI=1S/C11H8BrF3N2S/c12-6-1-2-8-7(5-6)16-9(18)17(8)10(3-4-10)11(13,14)15/h1-2,5H,3-4H2,(H,16,18). The Morgan fingerprint density at radius 1 is 1.33 bits per heavy atom. The molecule has 1 heterocycles. The molecule has 1 N–H and O–H groups in total. The van der Waals surface area contributed by atoms with Crippen LogP contribution in [-0.2, 0) is 5.54 Å². The van der Waals surface area contributed by atoms with E-state index in [-0.39, 0.29) is 17.6 Å². The molecule has 0 radical (unpaired) electrons. The second-order valence-electron chi connectivity index (χ2n) is 4.46. The summed E-state index contributed by atoms with van der Waals surface area (Å²) >= 11 is 8.33. The van der Waals surface area contributed by atoms with Gasteiger partial charge in [-0.25, -0.2) is 0 Å². The quantitative estimate of drug-likeness (QED) is 0.759. The van der Waals surface area contributed by atoms with Crippen LogP contribution >= 0.6 is 28.1 Å². The molecule has 0 saturated heterocycles. The van der Waals surface area contributed by atoms with Crippen molar-refractivity contribution in [3.63, 3.8) is 0 Å². The number of fused-ring (bicyclic) bond motifs is 1. The summed E-state index contributed by atoms with van der Waals surface area (Å²) in [7, 11) is 0. The lowest BCUT2D eigenvalue weighted by molar-refractivity contribution is -0.179. The fourth-order valence-electron chi connectivity index (χ4n) is 2.26. The molecule has 3 rings (SSSR count). The fraction of sp³-hybridized carbons (Fsp3) is 0.364. The van der Waals surface area contributed by atoms with E-state index in [0.29, 0.717) is 11.0 Å². The maximum Gasteiger partial charge on any atom is 0.412 e. The minimum absolute atomic E-state index is 0.0911. The van der Waals surface area contributed by atoms with E-state index in [0.717, 1.165) is 4.47 Å². The smallest absolute Gasteiger partial charge is 0.331 e. The Morgan fingerprint density at radius 3 is 2.56 bits per heavy atom. The molecule has 7 heteroatoms. The number of aromatic amines is 1. The van der Waals surface area contributed by atoms with Gasteiger partial charge in [-0.2, -0.15) is 13.2 Å². The number of hydrogen-bond acceptors (Lipinski definition) is 1. The van der Waals surface area contributed by atoms with Crippen LogP contribution in [0.5, 0.6) is 0 Å². The van der Waals surface area contributed by atoms with Crippen LogP contribution in [-0.4, -0.2) is 15.7 Å². The lowest BCUT2D eigenvalue weighted by Crippen LogP contribution is -2.34. The largest absolute Gasteiger partial charge is 0.412 e. The molecule has 2 nitrogen and oxygen atoms in total. The second kappa shape index (κ2) is 3.60. The number of alkyl halides is 3. The first-order valence-electron chi connectivity index (χ1n) is 5.33. The molecule has 0 atom stereocenters. The second-order valence-corrected chi connectivity index (χ2v) is 5.76. The minimum atomic E-state index is -4.27. The number of aromatic nitrogens is 2. The van der Waals surface area contributed by atoms with Gasteiger partial charge in [0, 0.05) is 4.47 Å². The third-order valence-electron chi connectivity index (χ3n) is 3.32. The van der Waals surface area contributed by atoms with Gasteiger partial charge in [0.25, 0.3) is 0 Å². The molecule has 18 heavy (non-hydrogen) atoms. The Morgan fingerprint density at radius 2 is 2.00 bits per heavy atom. The predicted octanol–water partition coefficient (Wildman–Crippen LogP) is 4.51.